The van der Waals surface area contributed by atoms with Crippen LogP contribution in [0.1, 0.15) is 25.3 Å². The molecule has 2 saturated heterocycles. The molecule has 2 aliphatic heterocycles. The van der Waals surface area contributed by atoms with Crippen LogP contribution in [0.2, 0.25) is 0 Å². The van der Waals surface area contributed by atoms with Crippen molar-refractivity contribution in [3.05, 3.63) is 35.9 Å². The summed E-state index contributed by atoms with van der Waals surface area (Å²) < 4.78 is 0. The van der Waals surface area contributed by atoms with E-state index in [2.05, 4.69) is 47.1 Å². The molecule has 3 atom stereocenters. The van der Waals surface area contributed by atoms with Crippen molar-refractivity contribution in [1.82, 2.24) is 9.80 Å². The minimum atomic E-state index is 0.377. The number of benzene rings is 1. The summed E-state index contributed by atoms with van der Waals surface area (Å²) in [6, 6.07) is 11.9. The molecule has 0 bridgehead atoms. The lowest BCUT2D eigenvalue weighted by atomic mass is 9.95. The third-order valence-electron chi connectivity index (χ3n) is 4.73. The summed E-state index contributed by atoms with van der Waals surface area (Å²) in [6.45, 7) is 8.18. The van der Waals surface area contributed by atoms with Gasteiger partial charge in [0.15, 0.2) is 0 Å². The largest absolute Gasteiger partial charge is 0.327 e. The Bertz CT molecular complexity index is 410. The van der Waals surface area contributed by atoms with Gasteiger partial charge in [0.2, 0.25) is 0 Å². The van der Waals surface area contributed by atoms with Crippen LogP contribution in [-0.4, -0.2) is 48.1 Å². The minimum Gasteiger partial charge on any atom is -0.327 e. The first-order chi connectivity index (χ1) is 9.70. The number of hydrogen-bond acceptors (Lipinski definition) is 3. The van der Waals surface area contributed by atoms with Crippen LogP contribution in [0.3, 0.4) is 0 Å². The minimum absolute atomic E-state index is 0.377. The zero-order valence-electron chi connectivity index (χ0n) is 12.5. The Morgan fingerprint density at radius 1 is 1.15 bits per heavy atom. The molecule has 0 aliphatic carbocycles. The first-order valence-electron chi connectivity index (χ1n) is 7.96. The number of nitrogens with two attached hydrogens (primary N) is 1. The number of piperidine rings is 1. The highest BCUT2D eigenvalue weighted by Gasteiger charge is 2.32. The molecule has 2 fully saturated rings. The topological polar surface area (TPSA) is 32.5 Å². The van der Waals surface area contributed by atoms with Gasteiger partial charge in [-0.15, -0.1) is 0 Å². The van der Waals surface area contributed by atoms with Crippen molar-refractivity contribution in [2.24, 2.45) is 11.7 Å². The monoisotopic (exact) mass is 273 g/mol. The van der Waals surface area contributed by atoms with E-state index in [9.17, 15) is 0 Å². The molecule has 0 radical (unpaired) electrons. The van der Waals surface area contributed by atoms with Crippen LogP contribution in [0.15, 0.2) is 30.3 Å². The molecule has 2 N–H and O–H groups in total. The van der Waals surface area contributed by atoms with Gasteiger partial charge in [0, 0.05) is 44.8 Å². The molecule has 1 aromatic carbocycles. The Hall–Kier alpha value is -0.900. The summed E-state index contributed by atoms with van der Waals surface area (Å²) in [5.74, 6) is 0.752. The Labute approximate surface area is 122 Å². The molecule has 2 aliphatic rings. The molecule has 20 heavy (non-hydrogen) atoms. The van der Waals surface area contributed by atoms with E-state index >= 15 is 0 Å². The van der Waals surface area contributed by atoms with Crippen LogP contribution in [0.25, 0.3) is 0 Å². The maximum atomic E-state index is 6.19. The normalized spacial score (nSPS) is 32.6. The average Bonchev–Trinajstić information content (AvgIpc) is 2.87. The van der Waals surface area contributed by atoms with Gasteiger partial charge in [0.1, 0.15) is 0 Å². The SMILES string of the molecule is CC1CC(N)CN(C2CCN(Cc3ccccc3)C2)C1. The maximum Gasteiger partial charge on any atom is 0.0236 e. The van der Waals surface area contributed by atoms with E-state index in [-0.39, 0.29) is 0 Å². The van der Waals surface area contributed by atoms with Crippen molar-refractivity contribution in [3.63, 3.8) is 0 Å². The zero-order chi connectivity index (χ0) is 13.9. The van der Waals surface area contributed by atoms with Gasteiger partial charge in [-0.25, -0.2) is 0 Å². The maximum absolute atomic E-state index is 6.19. The standard InChI is InChI=1S/C17H27N3/c1-14-9-16(18)12-20(10-14)17-7-8-19(13-17)11-15-5-3-2-4-6-15/h2-6,14,16-17H,7-13,18H2,1H3. The van der Waals surface area contributed by atoms with Gasteiger partial charge in [-0.1, -0.05) is 37.3 Å². The van der Waals surface area contributed by atoms with Crippen LogP contribution in [-0.2, 0) is 6.54 Å². The highest BCUT2D eigenvalue weighted by molar-refractivity contribution is 5.14. The van der Waals surface area contributed by atoms with Crippen molar-refractivity contribution in [2.45, 2.75) is 38.4 Å². The molecule has 2 heterocycles. The fourth-order valence-electron chi connectivity index (χ4n) is 3.84. The van der Waals surface area contributed by atoms with Crippen LogP contribution < -0.4 is 5.73 Å². The van der Waals surface area contributed by atoms with E-state index < -0.39 is 0 Å². The molecule has 0 aromatic heterocycles. The van der Waals surface area contributed by atoms with E-state index in [4.69, 9.17) is 5.73 Å². The third kappa shape index (κ3) is 3.40. The van der Waals surface area contributed by atoms with Crippen molar-refractivity contribution in [2.75, 3.05) is 26.2 Å². The summed E-state index contributed by atoms with van der Waals surface area (Å²) in [5, 5.41) is 0. The van der Waals surface area contributed by atoms with Gasteiger partial charge in [-0.3, -0.25) is 9.80 Å². The molecule has 3 heteroatoms. The number of nitrogens with zero attached hydrogens (tertiary/aromatic N) is 2. The van der Waals surface area contributed by atoms with E-state index in [1.54, 1.807) is 0 Å². The second-order valence-corrected chi connectivity index (χ2v) is 6.72. The molecule has 3 nitrogen and oxygen atoms in total. The number of rotatable bonds is 3. The molecule has 1 aromatic rings. The van der Waals surface area contributed by atoms with Crippen molar-refractivity contribution >= 4 is 0 Å². The summed E-state index contributed by atoms with van der Waals surface area (Å²) in [6.07, 6.45) is 2.49. The Morgan fingerprint density at radius 2 is 1.95 bits per heavy atom. The summed E-state index contributed by atoms with van der Waals surface area (Å²) in [7, 11) is 0. The van der Waals surface area contributed by atoms with Crippen molar-refractivity contribution in [1.29, 1.82) is 0 Å². The molecule has 3 rings (SSSR count). The lowest BCUT2D eigenvalue weighted by molar-refractivity contribution is 0.116. The summed E-state index contributed by atoms with van der Waals surface area (Å²) >= 11 is 0. The molecule has 0 amide bonds. The van der Waals surface area contributed by atoms with Gasteiger partial charge in [-0.05, 0) is 24.3 Å². The lowest BCUT2D eigenvalue weighted by Gasteiger charge is -2.38. The van der Waals surface area contributed by atoms with E-state index in [0.29, 0.717) is 12.1 Å². The quantitative estimate of drug-likeness (QED) is 0.913. The van der Waals surface area contributed by atoms with Crippen molar-refractivity contribution < 1.29 is 0 Å². The number of likely N-dealkylation sites (tertiary alicyclic amines) is 2. The summed E-state index contributed by atoms with van der Waals surface area (Å²) in [5.41, 5.74) is 7.61. The first kappa shape index (κ1) is 14.1. The molecule has 3 unspecified atom stereocenters. The molecule has 110 valence electrons. The third-order valence-corrected chi connectivity index (χ3v) is 4.73. The van der Waals surface area contributed by atoms with Gasteiger partial charge < -0.3 is 5.73 Å². The van der Waals surface area contributed by atoms with Crippen LogP contribution in [0.5, 0.6) is 0 Å². The Morgan fingerprint density at radius 3 is 2.70 bits per heavy atom. The average molecular weight is 273 g/mol. The van der Waals surface area contributed by atoms with Gasteiger partial charge >= 0.3 is 0 Å². The van der Waals surface area contributed by atoms with E-state index in [0.717, 1.165) is 19.0 Å². The molecular weight excluding hydrogens is 246 g/mol. The lowest BCUT2D eigenvalue weighted by Crippen LogP contribution is -2.51. The molecular formula is C17H27N3. The summed E-state index contributed by atoms with van der Waals surface area (Å²) in [4.78, 5) is 5.23. The second kappa shape index (κ2) is 6.25. The predicted octanol–water partition coefficient (Wildman–Crippen LogP) is 1.93. The zero-order valence-corrected chi connectivity index (χ0v) is 12.5. The number of hydrogen-bond donors (Lipinski definition) is 1. The predicted molar refractivity (Wildman–Crippen MR) is 83.5 cm³/mol. The Balaban J connectivity index is 1.54. The van der Waals surface area contributed by atoms with Gasteiger partial charge in [-0.2, -0.15) is 0 Å². The first-order valence-corrected chi connectivity index (χ1v) is 7.96. The van der Waals surface area contributed by atoms with E-state index in [1.165, 1.54) is 38.0 Å². The van der Waals surface area contributed by atoms with Gasteiger partial charge in [0.25, 0.3) is 0 Å². The van der Waals surface area contributed by atoms with Crippen LogP contribution in [0, 0.1) is 5.92 Å². The van der Waals surface area contributed by atoms with Gasteiger partial charge in [0.05, 0.1) is 0 Å². The fraction of sp³-hybridized carbons (Fsp3) is 0.647. The highest BCUT2D eigenvalue weighted by atomic mass is 15.3. The Kier molecular flexibility index (Phi) is 4.39. The molecule has 0 saturated carbocycles. The second-order valence-electron chi connectivity index (χ2n) is 6.72. The molecule has 0 spiro atoms. The van der Waals surface area contributed by atoms with E-state index in [1.807, 2.05) is 0 Å². The fourth-order valence-corrected chi connectivity index (χ4v) is 3.84. The highest BCUT2D eigenvalue weighted by Crippen LogP contribution is 2.23. The van der Waals surface area contributed by atoms with Crippen LogP contribution in [0.4, 0.5) is 0 Å². The van der Waals surface area contributed by atoms with Crippen LogP contribution >= 0.6 is 0 Å². The van der Waals surface area contributed by atoms with Crippen molar-refractivity contribution in [3.8, 4) is 0 Å². The smallest absolute Gasteiger partial charge is 0.0236 e.